The summed E-state index contributed by atoms with van der Waals surface area (Å²) in [6, 6.07) is 2.85. The molecule has 1 aromatic heterocycles. The van der Waals surface area contributed by atoms with Crippen molar-refractivity contribution in [2.75, 3.05) is 20.3 Å². The number of hydrogen-bond donors (Lipinski definition) is 1. The molecule has 2 fully saturated rings. The van der Waals surface area contributed by atoms with Gasteiger partial charge in [-0.1, -0.05) is 0 Å². The van der Waals surface area contributed by atoms with Crippen molar-refractivity contribution in [2.45, 2.75) is 50.2 Å². The molecule has 0 saturated carbocycles. The molecule has 3 heterocycles. The van der Waals surface area contributed by atoms with Crippen LogP contribution < -0.4 is 0 Å². The van der Waals surface area contributed by atoms with Gasteiger partial charge in [0.1, 0.15) is 0 Å². The highest BCUT2D eigenvalue weighted by atomic mass is 32.1. The lowest BCUT2D eigenvalue weighted by Gasteiger charge is -2.35. The lowest BCUT2D eigenvalue weighted by Crippen LogP contribution is -2.43. The van der Waals surface area contributed by atoms with Crippen LogP contribution in [0.1, 0.15) is 24.8 Å². The predicted octanol–water partition coefficient (Wildman–Crippen LogP) is 3.15. The Kier molecular flexibility index (Phi) is 7.24. The van der Waals surface area contributed by atoms with Gasteiger partial charge in [0.25, 0.3) is 0 Å². The molecule has 0 bridgehead atoms. The maximum Gasteiger partial charge on any atom is 0.490 e. The smallest absolute Gasteiger partial charge is 0.475 e. The summed E-state index contributed by atoms with van der Waals surface area (Å²) >= 11 is 1.78. The van der Waals surface area contributed by atoms with Gasteiger partial charge in [-0.3, -0.25) is 4.90 Å². The average molecular weight is 381 g/mol. The van der Waals surface area contributed by atoms with E-state index in [1.165, 1.54) is 24.9 Å². The monoisotopic (exact) mass is 381 g/mol. The minimum absolute atomic E-state index is 0.317. The molecule has 5 nitrogen and oxygen atoms in total. The first-order chi connectivity index (χ1) is 11.8. The van der Waals surface area contributed by atoms with E-state index in [1.807, 2.05) is 0 Å². The molecular weight excluding hydrogens is 359 g/mol. The number of carbonyl (C=O) groups is 1. The van der Waals surface area contributed by atoms with Crippen LogP contribution in [-0.2, 0) is 20.8 Å². The maximum atomic E-state index is 10.6. The van der Waals surface area contributed by atoms with Gasteiger partial charge in [0.05, 0.1) is 18.8 Å². The van der Waals surface area contributed by atoms with Crippen LogP contribution in [0, 0.1) is 0 Å². The number of hydrogen-bond acceptors (Lipinski definition) is 5. The minimum Gasteiger partial charge on any atom is -0.475 e. The summed E-state index contributed by atoms with van der Waals surface area (Å²) in [5.74, 6) is -2.76. The van der Waals surface area contributed by atoms with Crippen LogP contribution in [0.2, 0.25) is 0 Å². The molecule has 2 aliphatic rings. The van der Waals surface area contributed by atoms with Crippen molar-refractivity contribution in [3.63, 3.8) is 0 Å². The summed E-state index contributed by atoms with van der Waals surface area (Å²) in [7, 11) is 1.76. The second kappa shape index (κ2) is 8.98. The molecule has 1 aromatic rings. The topological polar surface area (TPSA) is 59.0 Å². The van der Waals surface area contributed by atoms with Crippen molar-refractivity contribution in [1.82, 2.24) is 4.90 Å². The zero-order valence-electron chi connectivity index (χ0n) is 13.9. The normalized spacial score (nSPS) is 26.6. The van der Waals surface area contributed by atoms with Gasteiger partial charge in [-0.05, 0) is 41.7 Å². The van der Waals surface area contributed by atoms with Crippen LogP contribution in [0.4, 0.5) is 13.2 Å². The zero-order chi connectivity index (χ0) is 18.4. The Bertz CT molecular complexity index is 538. The summed E-state index contributed by atoms with van der Waals surface area (Å²) in [6.45, 7) is 3.00. The number of fused-ring (bicyclic) bond motifs is 1. The van der Waals surface area contributed by atoms with Gasteiger partial charge >= 0.3 is 12.1 Å². The van der Waals surface area contributed by atoms with E-state index in [0.29, 0.717) is 18.2 Å². The summed E-state index contributed by atoms with van der Waals surface area (Å²) in [5.41, 5.74) is 1.44. The zero-order valence-corrected chi connectivity index (χ0v) is 14.7. The number of halogens is 3. The van der Waals surface area contributed by atoms with Gasteiger partial charge < -0.3 is 14.6 Å². The van der Waals surface area contributed by atoms with Crippen molar-refractivity contribution < 1.29 is 32.5 Å². The minimum atomic E-state index is -5.08. The number of nitrogens with zero attached hydrogens (tertiary/aromatic N) is 1. The van der Waals surface area contributed by atoms with Gasteiger partial charge in [0.15, 0.2) is 0 Å². The second-order valence-electron chi connectivity index (χ2n) is 6.09. The van der Waals surface area contributed by atoms with E-state index in [4.69, 9.17) is 19.4 Å². The van der Waals surface area contributed by atoms with Crippen molar-refractivity contribution in [3.05, 3.63) is 22.4 Å². The standard InChI is InChI=1S/C14H21NO2S.C2HF3O2/c1-16-9-12-2-3-13-14(17-12)4-6-15(13)8-11-5-7-18-10-11;3-2(4,5)1(6)7/h5,7,10,12-14H,2-4,6,8-9H2,1H3;(H,6,7)/t12-,13+,14+;/m1./s1. The van der Waals surface area contributed by atoms with Crippen LogP contribution in [0.25, 0.3) is 0 Å². The Balaban J connectivity index is 0.000000277. The number of ether oxygens (including phenoxy) is 2. The molecule has 2 aliphatic heterocycles. The Hall–Kier alpha value is -1.16. The summed E-state index contributed by atoms with van der Waals surface area (Å²) < 4.78 is 43.1. The molecule has 25 heavy (non-hydrogen) atoms. The lowest BCUT2D eigenvalue weighted by atomic mass is 9.99. The molecule has 3 atom stereocenters. The van der Waals surface area contributed by atoms with E-state index in [0.717, 1.165) is 19.6 Å². The van der Waals surface area contributed by atoms with Crippen LogP contribution >= 0.6 is 11.3 Å². The SMILES string of the molecule is COC[C@H]1CC[C@H]2[C@H](CCN2Cc2ccsc2)O1.O=C(O)C(F)(F)F. The lowest BCUT2D eigenvalue weighted by molar-refractivity contribution is -0.192. The fraction of sp³-hybridized carbons (Fsp3) is 0.688. The molecule has 1 N–H and O–H groups in total. The van der Waals surface area contributed by atoms with Gasteiger partial charge in [0, 0.05) is 26.2 Å². The quantitative estimate of drug-likeness (QED) is 0.868. The summed E-state index contributed by atoms with van der Waals surface area (Å²) in [4.78, 5) is 11.5. The first kappa shape index (κ1) is 20.2. The number of methoxy groups -OCH3 is 1. The average Bonchev–Trinajstić information content (AvgIpc) is 3.18. The van der Waals surface area contributed by atoms with E-state index in [-0.39, 0.29) is 0 Å². The highest BCUT2D eigenvalue weighted by Crippen LogP contribution is 2.32. The molecule has 3 rings (SSSR count). The Morgan fingerprint density at radius 3 is 2.72 bits per heavy atom. The van der Waals surface area contributed by atoms with Crippen molar-refractivity contribution in [1.29, 1.82) is 0 Å². The Morgan fingerprint density at radius 1 is 1.44 bits per heavy atom. The van der Waals surface area contributed by atoms with E-state index in [9.17, 15) is 13.2 Å². The van der Waals surface area contributed by atoms with Crippen LogP contribution in [0.15, 0.2) is 16.8 Å². The molecule has 0 radical (unpaired) electrons. The fourth-order valence-electron chi connectivity index (χ4n) is 3.21. The Labute approximate surface area is 148 Å². The second-order valence-corrected chi connectivity index (χ2v) is 6.87. The molecule has 0 amide bonds. The van der Waals surface area contributed by atoms with Crippen LogP contribution in [-0.4, -0.2) is 60.7 Å². The number of thiophene rings is 1. The van der Waals surface area contributed by atoms with Crippen molar-refractivity contribution in [2.24, 2.45) is 0 Å². The molecule has 9 heteroatoms. The first-order valence-electron chi connectivity index (χ1n) is 8.01. The first-order valence-corrected chi connectivity index (χ1v) is 8.95. The third-order valence-electron chi connectivity index (χ3n) is 4.31. The molecule has 2 saturated heterocycles. The van der Waals surface area contributed by atoms with Crippen molar-refractivity contribution >= 4 is 17.3 Å². The summed E-state index contributed by atoms with van der Waals surface area (Å²) in [5, 5.41) is 11.5. The molecule has 142 valence electrons. The van der Waals surface area contributed by atoms with E-state index >= 15 is 0 Å². The fourth-order valence-corrected chi connectivity index (χ4v) is 3.87. The Morgan fingerprint density at radius 2 is 2.16 bits per heavy atom. The number of aliphatic carboxylic acids is 1. The van der Waals surface area contributed by atoms with Crippen LogP contribution in [0.5, 0.6) is 0 Å². The number of carboxylic acid groups (broad SMARTS) is 1. The van der Waals surface area contributed by atoms with E-state index in [2.05, 4.69) is 21.7 Å². The highest BCUT2D eigenvalue weighted by Gasteiger charge is 2.39. The number of carboxylic acids is 1. The molecule has 0 unspecified atom stereocenters. The van der Waals surface area contributed by atoms with Gasteiger partial charge in [-0.15, -0.1) is 0 Å². The number of alkyl halides is 3. The predicted molar refractivity (Wildman–Crippen MR) is 86.6 cm³/mol. The molecular formula is C16H22F3NO4S. The maximum absolute atomic E-state index is 10.6. The molecule has 0 aromatic carbocycles. The molecule has 0 spiro atoms. The number of likely N-dealkylation sites (tertiary alicyclic amines) is 1. The largest absolute Gasteiger partial charge is 0.490 e. The molecule has 0 aliphatic carbocycles. The summed E-state index contributed by atoms with van der Waals surface area (Å²) in [6.07, 6.45) is -0.776. The van der Waals surface area contributed by atoms with Crippen molar-refractivity contribution in [3.8, 4) is 0 Å². The number of rotatable bonds is 4. The highest BCUT2D eigenvalue weighted by molar-refractivity contribution is 7.07. The van der Waals surface area contributed by atoms with Gasteiger partial charge in [0.2, 0.25) is 0 Å². The third-order valence-corrected chi connectivity index (χ3v) is 5.04. The third kappa shape index (κ3) is 5.95. The van der Waals surface area contributed by atoms with E-state index in [1.54, 1.807) is 18.4 Å². The van der Waals surface area contributed by atoms with Gasteiger partial charge in [-0.2, -0.15) is 24.5 Å². The van der Waals surface area contributed by atoms with Gasteiger partial charge in [-0.25, -0.2) is 4.79 Å². The van der Waals surface area contributed by atoms with Crippen LogP contribution in [0.3, 0.4) is 0 Å². The van der Waals surface area contributed by atoms with E-state index < -0.39 is 12.1 Å².